The summed E-state index contributed by atoms with van der Waals surface area (Å²) in [4.78, 5) is 33.1. The molecule has 4 rings (SSSR count). The van der Waals surface area contributed by atoms with Crippen molar-refractivity contribution in [2.75, 3.05) is 10.6 Å². The lowest BCUT2D eigenvalue weighted by molar-refractivity contribution is -0.137. The summed E-state index contributed by atoms with van der Waals surface area (Å²) < 4.78 is 67.8. The largest absolute Gasteiger partial charge is 0.417 e. The van der Waals surface area contributed by atoms with E-state index in [0.717, 1.165) is 12.1 Å². The van der Waals surface area contributed by atoms with Crippen LogP contribution in [-0.2, 0) is 6.18 Å². The highest BCUT2D eigenvalue weighted by Crippen LogP contribution is 2.30. The summed E-state index contributed by atoms with van der Waals surface area (Å²) in [6.45, 7) is 0. The van der Waals surface area contributed by atoms with E-state index in [1.165, 1.54) is 30.6 Å². The molecule has 0 radical (unpaired) electrons. The van der Waals surface area contributed by atoms with Gasteiger partial charge in [0.05, 0.1) is 33.5 Å². The van der Waals surface area contributed by atoms with Gasteiger partial charge in [-0.1, -0.05) is 6.07 Å². The van der Waals surface area contributed by atoms with Gasteiger partial charge >= 0.3 is 12.2 Å². The molecule has 1 aromatic heterocycles. The Bertz CT molecular complexity index is 1420. The van der Waals surface area contributed by atoms with Crippen LogP contribution in [0.2, 0.25) is 0 Å². The van der Waals surface area contributed by atoms with E-state index < -0.39 is 46.4 Å². The van der Waals surface area contributed by atoms with Gasteiger partial charge in [0.15, 0.2) is 11.6 Å². The van der Waals surface area contributed by atoms with E-state index in [9.17, 15) is 27.2 Å². The third kappa shape index (κ3) is 4.61. The second kappa shape index (κ2) is 8.74. The number of hydrogen-bond donors (Lipinski definition) is 2. The lowest BCUT2D eigenvalue weighted by atomic mass is 10.0. The van der Waals surface area contributed by atoms with Crippen LogP contribution in [0.5, 0.6) is 0 Å². The fraction of sp³-hybridized carbons (Fsp3) is 0.0435. The molecule has 3 aromatic carbocycles. The summed E-state index contributed by atoms with van der Waals surface area (Å²) in [7, 11) is 0. The molecule has 0 atom stereocenters. The molecule has 11 heteroatoms. The quantitative estimate of drug-likeness (QED) is 0.309. The molecule has 170 valence electrons. The predicted octanol–water partition coefficient (Wildman–Crippen LogP) is 5.40. The summed E-state index contributed by atoms with van der Waals surface area (Å²) in [5.41, 5.74) is -2.24. The van der Waals surface area contributed by atoms with Crippen LogP contribution in [0.1, 0.15) is 21.5 Å². The first-order valence-corrected chi connectivity index (χ1v) is 9.45. The van der Waals surface area contributed by atoms with Gasteiger partial charge in [0, 0.05) is 24.0 Å². The van der Waals surface area contributed by atoms with E-state index in [1.807, 2.05) is 10.6 Å². The SMILES string of the molecule is O=C(Nc1c#ccc(C(F)(F)F)c1)Nc1ccc(F)c(C(=O)c2ccc3nccnc3c2)c1F. The van der Waals surface area contributed by atoms with Crippen LogP contribution in [0.25, 0.3) is 11.0 Å². The van der Waals surface area contributed by atoms with Crippen molar-refractivity contribution < 1.29 is 31.5 Å². The van der Waals surface area contributed by atoms with Crippen LogP contribution in [0.4, 0.5) is 38.1 Å². The lowest BCUT2D eigenvalue weighted by Gasteiger charge is -2.12. The maximum Gasteiger partial charge on any atom is 0.417 e. The Labute approximate surface area is 188 Å². The molecule has 0 saturated heterocycles. The van der Waals surface area contributed by atoms with Gasteiger partial charge in [0.1, 0.15) is 5.82 Å². The number of benzene rings is 2. The number of carbonyl (C=O) groups is 2. The summed E-state index contributed by atoms with van der Waals surface area (Å²) in [6, 6.07) is 10.2. The summed E-state index contributed by atoms with van der Waals surface area (Å²) in [5, 5.41) is 4.09. The summed E-state index contributed by atoms with van der Waals surface area (Å²) in [6.07, 6.45) is -1.84. The second-order valence-corrected chi connectivity index (χ2v) is 6.88. The number of carbonyl (C=O) groups excluding carboxylic acids is 2. The summed E-state index contributed by atoms with van der Waals surface area (Å²) in [5.74, 6) is -3.54. The van der Waals surface area contributed by atoms with E-state index in [-0.39, 0.29) is 11.3 Å². The number of alkyl halides is 3. The maximum atomic E-state index is 15.0. The van der Waals surface area contributed by atoms with Crippen molar-refractivity contribution in [1.82, 2.24) is 9.97 Å². The minimum atomic E-state index is -4.68. The Morgan fingerprint density at radius 3 is 2.38 bits per heavy atom. The molecule has 2 amide bonds. The third-order valence-corrected chi connectivity index (χ3v) is 4.61. The zero-order chi connectivity index (χ0) is 24.5. The van der Waals surface area contributed by atoms with Crippen molar-refractivity contribution in [3.8, 4) is 0 Å². The van der Waals surface area contributed by atoms with Crippen LogP contribution in [-0.4, -0.2) is 21.8 Å². The van der Waals surface area contributed by atoms with E-state index in [2.05, 4.69) is 22.1 Å². The average Bonchev–Trinajstić information content (AvgIpc) is 2.80. The van der Waals surface area contributed by atoms with Gasteiger partial charge in [-0.25, -0.2) is 13.6 Å². The van der Waals surface area contributed by atoms with Crippen molar-refractivity contribution in [1.29, 1.82) is 0 Å². The fourth-order valence-electron chi connectivity index (χ4n) is 3.04. The van der Waals surface area contributed by atoms with Gasteiger partial charge in [-0.2, -0.15) is 13.2 Å². The number of fused-ring (bicyclic) bond motifs is 1. The number of rotatable bonds is 4. The van der Waals surface area contributed by atoms with Crippen molar-refractivity contribution in [2.24, 2.45) is 0 Å². The second-order valence-electron chi connectivity index (χ2n) is 6.88. The Kier molecular flexibility index (Phi) is 5.81. The van der Waals surface area contributed by atoms with Gasteiger partial charge in [-0.05, 0) is 42.5 Å². The highest BCUT2D eigenvalue weighted by molar-refractivity contribution is 6.11. The van der Waals surface area contributed by atoms with Crippen LogP contribution < -0.4 is 10.6 Å². The molecule has 0 aliphatic carbocycles. The molecule has 0 saturated carbocycles. The number of anilines is 2. The van der Waals surface area contributed by atoms with E-state index >= 15 is 4.39 Å². The molecule has 4 aromatic rings. The number of halogens is 5. The van der Waals surface area contributed by atoms with Gasteiger partial charge in [-0.3, -0.25) is 14.8 Å². The monoisotopic (exact) mass is 470 g/mol. The maximum absolute atomic E-state index is 15.0. The molecule has 34 heavy (non-hydrogen) atoms. The minimum Gasteiger partial charge on any atom is -0.305 e. The topological polar surface area (TPSA) is 84.0 Å². The first-order chi connectivity index (χ1) is 16.1. The molecule has 0 unspecified atom stereocenters. The normalized spacial score (nSPS) is 11.1. The van der Waals surface area contributed by atoms with Crippen LogP contribution in [0.3, 0.4) is 0 Å². The van der Waals surface area contributed by atoms with Crippen molar-refractivity contribution >= 4 is 34.2 Å². The number of urea groups is 1. The Balaban J connectivity index is 1.58. The molecule has 0 spiro atoms. The zero-order valence-corrected chi connectivity index (χ0v) is 16.8. The van der Waals surface area contributed by atoms with Crippen LogP contribution in [0.15, 0.2) is 54.9 Å². The van der Waals surface area contributed by atoms with Gasteiger partial charge in [0.2, 0.25) is 0 Å². The molecule has 0 aliphatic heterocycles. The standard InChI is InChI=1S/C23H11F5N4O2/c24-15-5-7-17(32-22(34)31-14-3-1-2-13(11-14)23(26,27)28)20(25)19(15)21(33)12-4-6-16-18(10-12)30-9-8-29-16/h2,4-11H,(H2,31,32,34). The van der Waals surface area contributed by atoms with Crippen molar-refractivity contribution in [3.05, 3.63) is 95.3 Å². The third-order valence-electron chi connectivity index (χ3n) is 4.61. The number of ketones is 1. The zero-order valence-electron chi connectivity index (χ0n) is 16.8. The van der Waals surface area contributed by atoms with E-state index in [0.29, 0.717) is 23.2 Å². The van der Waals surface area contributed by atoms with Crippen LogP contribution >= 0.6 is 0 Å². The Morgan fingerprint density at radius 1 is 0.912 bits per heavy atom. The molecular weight excluding hydrogens is 459 g/mol. The first-order valence-electron chi connectivity index (χ1n) is 9.45. The fourth-order valence-corrected chi connectivity index (χ4v) is 3.04. The molecule has 6 nitrogen and oxygen atoms in total. The molecule has 0 bridgehead atoms. The highest BCUT2D eigenvalue weighted by Gasteiger charge is 2.30. The van der Waals surface area contributed by atoms with Gasteiger partial charge in [0.25, 0.3) is 0 Å². The Morgan fingerprint density at radius 2 is 1.65 bits per heavy atom. The number of nitrogens with zero attached hydrogens (tertiary/aromatic N) is 2. The van der Waals surface area contributed by atoms with E-state index in [4.69, 9.17) is 0 Å². The lowest BCUT2D eigenvalue weighted by Crippen LogP contribution is -2.21. The average molecular weight is 470 g/mol. The number of nitrogens with one attached hydrogen (secondary N) is 2. The van der Waals surface area contributed by atoms with Crippen molar-refractivity contribution in [2.45, 2.75) is 6.18 Å². The molecule has 1 heterocycles. The highest BCUT2D eigenvalue weighted by atomic mass is 19.4. The Hall–Kier alpha value is -4.59. The molecule has 2 N–H and O–H groups in total. The smallest absolute Gasteiger partial charge is 0.305 e. The van der Waals surface area contributed by atoms with E-state index in [1.54, 1.807) is 0 Å². The number of aromatic nitrogens is 2. The predicted molar refractivity (Wildman–Crippen MR) is 111 cm³/mol. The van der Waals surface area contributed by atoms with Gasteiger partial charge < -0.3 is 10.6 Å². The number of hydrogen-bond acceptors (Lipinski definition) is 4. The van der Waals surface area contributed by atoms with Crippen molar-refractivity contribution in [3.63, 3.8) is 0 Å². The van der Waals surface area contributed by atoms with Crippen LogP contribution in [0, 0.1) is 23.8 Å². The molecular formula is C23H11F5N4O2. The molecule has 0 fully saturated rings. The first kappa shape index (κ1) is 22.6. The summed E-state index contributed by atoms with van der Waals surface area (Å²) >= 11 is 0. The van der Waals surface area contributed by atoms with Gasteiger partial charge in [-0.15, -0.1) is 0 Å². The number of amides is 2. The minimum absolute atomic E-state index is 0.0681. The molecule has 0 aliphatic rings.